The van der Waals surface area contributed by atoms with E-state index in [9.17, 15) is 38.6 Å². The van der Waals surface area contributed by atoms with Gasteiger partial charge in [0.1, 0.15) is 11.7 Å². The number of aliphatic carboxylic acids is 1. The van der Waals surface area contributed by atoms with Crippen LogP contribution in [0.15, 0.2) is 48.9 Å². The van der Waals surface area contributed by atoms with E-state index in [1.165, 1.54) is 18.6 Å². The lowest BCUT2D eigenvalue weighted by Gasteiger charge is -2.32. The van der Waals surface area contributed by atoms with Crippen molar-refractivity contribution in [3.8, 4) is 0 Å². The minimum atomic E-state index is -5.54. The fraction of sp³-hybridized carbons (Fsp3) is 0.517. The predicted molar refractivity (Wildman–Crippen MR) is 171 cm³/mol. The summed E-state index contributed by atoms with van der Waals surface area (Å²) in [6.45, 7) is 5.44. The van der Waals surface area contributed by atoms with Crippen LogP contribution in [0.1, 0.15) is 42.7 Å². The Hall–Kier alpha value is -3.77. The van der Waals surface area contributed by atoms with Crippen molar-refractivity contribution in [3.05, 3.63) is 60.2 Å². The van der Waals surface area contributed by atoms with Gasteiger partial charge in [0.15, 0.2) is 0 Å². The van der Waals surface area contributed by atoms with E-state index in [-0.39, 0.29) is 44.3 Å². The summed E-state index contributed by atoms with van der Waals surface area (Å²) in [5.74, 6) is -4.63. The Morgan fingerprint density at radius 3 is 2.29 bits per heavy atom. The standard InChI is InChI=1S/C29H42BN6O11P/c1-20(2)16-24(35-26(38)22(17-21-6-4-3-5-7-21)34-27(39)23-19-31-8-9-32-23)30-46-14-12-36(13-15-47-30)11-10-33-25(37)18-29(42,28(40)41)48(43,44)45/h3-9,19-20,22,24,42H,10-18H2,1-2H3,(H,33,37)(H,34,39)(H,35,38)(H,40,41)(H2,43,44,45)/t22-,24-,29?/m1/s1. The van der Waals surface area contributed by atoms with Crippen LogP contribution in [0.5, 0.6) is 0 Å². The molecule has 1 unspecified atom stereocenters. The molecular weight excluding hydrogens is 650 g/mol. The van der Waals surface area contributed by atoms with Gasteiger partial charge in [-0.15, -0.1) is 0 Å². The van der Waals surface area contributed by atoms with Crippen molar-refractivity contribution < 1.29 is 53.1 Å². The van der Waals surface area contributed by atoms with E-state index in [4.69, 9.17) is 14.4 Å². The highest BCUT2D eigenvalue weighted by atomic mass is 31.2. The number of hydrogen-bond donors (Lipinski definition) is 7. The molecule has 1 aliphatic rings. The number of aromatic nitrogens is 2. The molecule has 1 aromatic carbocycles. The fourth-order valence-electron chi connectivity index (χ4n) is 4.89. The average molecular weight is 692 g/mol. The molecule has 0 saturated carbocycles. The number of amides is 3. The number of nitrogens with one attached hydrogen (secondary N) is 3. The summed E-state index contributed by atoms with van der Waals surface area (Å²) in [7, 11) is -6.34. The molecule has 7 N–H and O–H groups in total. The van der Waals surface area contributed by atoms with Gasteiger partial charge in [0.25, 0.3) is 11.2 Å². The number of carbonyl (C=O) groups is 4. The second-order valence-corrected chi connectivity index (χ2v) is 13.5. The maximum absolute atomic E-state index is 13.7. The van der Waals surface area contributed by atoms with Crippen LogP contribution >= 0.6 is 7.60 Å². The van der Waals surface area contributed by atoms with Gasteiger partial charge in [0, 0.05) is 58.2 Å². The second kappa shape index (κ2) is 18.1. The summed E-state index contributed by atoms with van der Waals surface area (Å²) in [6, 6.07) is 8.31. The van der Waals surface area contributed by atoms with E-state index in [0.29, 0.717) is 19.5 Å². The van der Waals surface area contributed by atoms with Crippen molar-refractivity contribution in [1.82, 2.24) is 30.8 Å². The van der Waals surface area contributed by atoms with E-state index < -0.39 is 62.2 Å². The Morgan fingerprint density at radius 1 is 1.06 bits per heavy atom. The summed E-state index contributed by atoms with van der Waals surface area (Å²) in [4.78, 5) is 78.2. The number of carboxylic acid groups (broad SMARTS) is 1. The summed E-state index contributed by atoms with van der Waals surface area (Å²) in [6.07, 6.45) is 3.56. The molecule has 1 fully saturated rings. The zero-order valence-electron chi connectivity index (χ0n) is 26.7. The Labute approximate surface area is 278 Å². The number of carboxylic acids is 1. The molecule has 19 heteroatoms. The van der Waals surface area contributed by atoms with E-state index in [1.54, 1.807) is 0 Å². The third kappa shape index (κ3) is 11.7. The molecule has 262 valence electrons. The van der Waals surface area contributed by atoms with Gasteiger partial charge in [0.2, 0.25) is 11.8 Å². The molecule has 0 spiro atoms. The fourth-order valence-corrected chi connectivity index (χ4v) is 5.49. The van der Waals surface area contributed by atoms with Gasteiger partial charge in [-0.3, -0.25) is 28.8 Å². The third-order valence-electron chi connectivity index (χ3n) is 7.44. The second-order valence-electron chi connectivity index (χ2n) is 11.7. The number of rotatable bonds is 16. The molecule has 2 heterocycles. The van der Waals surface area contributed by atoms with E-state index in [2.05, 4.69) is 25.9 Å². The number of aliphatic hydroxyl groups is 1. The van der Waals surface area contributed by atoms with Crippen LogP contribution in [0.2, 0.25) is 0 Å². The van der Waals surface area contributed by atoms with Crippen molar-refractivity contribution >= 4 is 38.4 Å². The number of benzene rings is 1. The monoisotopic (exact) mass is 692 g/mol. The van der Waals surface area contributed by atoms with Gasteiger partial charge in [0.05, 0.1) is 18.6 Å². The van der Waals surface area contributed by atoms with Crippen molar-refractivity contribution in [2.75, 3.05) is 39.4 Å². The highest BCUT2D eigenvalue weighted by Crippen LogP contribution is 2.50. The molecule has 48 heavy (non-hydrogen) atoms. The topological polar surface area (TPSA) is 250 Å². The molecule has 1 saturated heterocycles. The van der Waals surface area contributed by atoms with Crippen LogP contribution in [0.25, 0.3) is 0 Å². The zero-order chi connectivity index (χ0) is 35.3. The van der Waals surface area contributed by atoms with Gasteiger partial charge in [-0.05, 0) is 17.9 Å². The smallest absolute Gasteiger partial charge is 0.479 e. The summed E-state index contributed by atoms with van der Waals surface area (Å²) in [5, 5.41) is 23.5. The molecule has 1 aliphatic heterocycles. The Morgan fingerprint density at radius 2 is 1.73 bits per heavy atom. The first-order valence-corrected chi connectivity index (χ1v) is 17.0. The highest BCUT2D eigenvalue weighted by molar-refractivity contribution is 7.54. The number of nitrogens with zero attached hydrogens (tertiary/aromatic N) is 3. The van der Waals surface area contributed by atoms with Crippen molar-refractivity contribution in [1.29, 1.82) is 0 Å². The quantitative estimate of drug-likeness (QED) is 0.0840. The molecule has 0 bridgehead atoms. The van der Waals surface area contributed by atoms with Crippen LogP contribution < -0.4 is 16.0 Å². The van der Waals surface area contributed by atoms with Gasteiger partial charge in [-0.25, -0.2) is 9.78 Å². The van der Waals surface area contributed by atoms with Gasteiger partial charge in [-0.1, -0.05) is 44.2 Å². The molecule has 1 aromatic heterocycles. The van der Waals surface area contributed by atoms with Gasteiger partial charge < -0.3 is 45.3 Å². The summed E-state index contributed by atoms with van der Waals surface area (Å²) >= 11 is 0. The molecule has 2 aromatic rings. The van der Waals surface area contributed by atoms with Crippen LogP contribution in [-0.2, 0) is 34.7 Å². The van der Waals surface area contributed by atoms with Gasteiger partial charge in [-0.2, -0.15) is 0 Å². The Kier molecular flexibility index (Phi) is 14.6. The first kappa shape index (κ1) is 38.7. The zero-order valence-corrected chi connectivity index (χ0v) is 27.6. The van der Waals surface area contributed by atoms with Crippen LogP contribution in [-0.4, -0.2) is 122 Å². The van der Waals surface area contributed by atoms with E-state index in [0.717, 1.165) is 5.56 Å². The minimum Gasteiger partial charge on any atom is -0.479 e. The maximum atomic E-state index is 13.7. The van der Waals surface area contributed by atoms with Crippen LogP contribution in [0, 0.1) is 5.92 Å². The van der Waals surface area contributed by atoms with Crippen molar-refractivity contribution in [3.63, 3.8) is 0 Å². The molecule has 3 amide bonds. The average Bonchev–Trinajstić information content (AvgIpc) is 3.01. The van der Waals surface area contributed by atoms with E-state index >= 15 is 0 Å². The molecule has 0 radical (unpaired) electrons. The number of carbonyl (C=O) groups excluding carboxylic acids is 3. The number of hydrogen-bond acceptors (Lipinski definition) is 11. The molecule has 0 aliphatic carbocycles. The van der Waals surface area contributed by atoms with Crippen molar-refractivity contribution in [2.24, 2.45) is 5.92 Å². The molecular formula is C29H42BN6O11P. The lowest BCUT2D eigenvalue weighted by Crippen LogP contribution is -2.57. The third-order valence-corrected chi connectivity index (χ3v) is 8.76. The SMILES string of the molecule is CC(C)C[C@@H](NC(=O)[C@@H](Cc1ccccc1)NC(=O)c1cnccn1)B1OCCN(CCNC(=O)CC(O)(C(=O)O)P(=O)(O)O)CCO1. The summed E-state index contributed by atoms with van der Waals surface area (Å²) in [5.41, 5.74) is 0.910. The van der Waals surface area contributed by atoms with Crippen LogP contribution in [0.4, 0.5) is 0 Å². The lowest BCUT2D eigenvalue weighted by atomic mass is 9.73. The van der Waals surface area contributed by atoms with Gasteiger partial charge >= 0.3 is 20.7 Å². The van der Waals surface area contributed by atoms with Crippen molar-refractivity contribution in [2.45, 2.75) is 50.4 Å². The molecule has 17 nitrogen and oxygen atoms in total. The lowest BCUT2D eigenvalue weighted by molar-refractivity contribution is -0.154. The van der Waals surface area contributed by atoms with Crippen LogP contribution in [0.3, 0.4) is 0 Å². The molecule has 3 atom stereocenters. The Balaban J connectivity index is 1.58. The first-order chi connectivity index (χ1) is 22.7. The summed E-state index contributed by atoms with van der Waals surface area (Å²) < 4.78 is 23.5. The maximum Gasteiger partial charge on any atom is 0.480 e. The molecule has 3 rings (SSSR count). The predicted octanol–water partition coefficient (Wildman–Crippen LogP) is -0.818. The normalized spacial score (nSPS) is 16.9. The van der Waals surface area contributed by atoms with E-state index in [1.807, 2.05) is 49.1 Å². The highest BCUT2D eigenvalue weighted by Gasteiger charge is 2.54. The first-order valence-electron chi connectivity index (χ1n) is 15.3. The minimum absolute atomic E-state index is 0.00572. The largest absolute Gasteiger partial charge is 0.480 e. The Bertz CT molecular complexity index is 1410.